The smallest absolute Gasteiger partial charge is 0.141 e. The number of aromatic nitrogens is 3. The van der Waals surface area contributed by atoms with Crippen molar-refractivity contribution in [2.45, 2.75) is 33.0 Å². The highest BCUT2D eigenvalue weighted by molar-refractivity contribution is 4.89. The summed E-state index contributed by atoms with van der Waals surface area (Å²) in [6, 6.07) is 0.657. The van der Waals surface area contributed by atoms with Crippen LogP contribution in [0.2, 0.25) is 0 Å². The van der Waals surface area contributed by atoms with Crippen LogP contribution in [0.25, 0.3) is 0 Å². The van der Waals surface area contributed by atoms with Gasteiger partial charge in [0, 0.05) is 25.7 Å². The largest absolute Gasteiger partial charge is 0.314 e. The van der Waals surface area contributed by atoms with E-state index in [0.717, 1.165) is 32.0 Å². The molecule has 1 saturated heterocycles. The van der Waals surface area contributed by atoms with Crippen LogP contribution >= 0.6 is 0 Å². The zero-order valence-corrected chi connectivity index (χ0v) is 10.3. The molecule has 5 heteroatoms. The van der Waals surface area contributed by atoms with Crippen LogP contribution in [0.3, 0.4) is 0 Å². The fourth-order valence-corrected chi connectivity index (χ4v) is 1.85. The highest BCUT2D eigenvalue weighted by Crippen LogP contribution is 2.08. The average Bonchev–Trinajstić information content (AvgIpc) is 2.48. The van der Waals surface area contributed by atoms with Gasteiger partial charge in [-0.05, 0) is 13.0 Å². The quantitative estimate of drug-likeness (QED) is 0.782. The predicted molar refractivity (Wildman–Crippen MR) is 63.0 cm³/mol. The standard InChI is InChI=1S/C11H21N5/c1-9(2)6-16-11(13-8-14-16)7-15(3)10-4-12-5-10/h8-10,12H,4-7H2,1-3H3. The van der Waals surface area contributed by atoms with Crippen molar-refractivity contribution in [3.63, 3.8) is 0 Å². The van der Waals surface area contributed by atoms with E-state index in [4.69, 9.17) is 0 Å². The maximum absolute atomic E-state index is 4.34. The summed E-state index contributed by atoms with van der Waals surface area (Å²) >= 11 is 0. The number of nitrogens with one attached hydrogen (secondary N) is 1. The fourth-order valence-electron chi connectivity index (χ4n) is 1.85. The molecule has 1 N–H and O–H groups in total. The van der Waals surface area contributed by atoms with Crippen molar-refractivity contribution in [2.75, 3.05) is 20.1 Å². The van der Waals surface area contributed by atoms with E-state index in [1.807, 2.05) is 4.68 Å². The Balaban J connectivity index is 1.94. The lowest BCUT2D eigenvalue weighted by Crippen LogP contribution is -2.55. The minimum absolute atomic E-state index is 0.608. The van der Waals surface area contributed by atoms with Crippen LogP contribution in [0, 0.1) is 5.92 Å². The second kappa shape index (κ2) is 4.93. The summed E-state index contributed by atoms with van der Waals surface area (Å²) in [7, 11) is 2.15. The molecule has 2 heterocycles. The minimum Gasteiger partial charge on any atom is -0.314 e. The van der Waals surface area contributed by atoms with Crippen molar-refractivity contribution in [1.82, 2.24) is 25.0 Å². The maximum Gasteiger partial charge on any atom is 0.141 e. The molecule has 5 nitrogen and oxygen atoms in total. The van der Waals surface area contributed by atoms with E-state index in [1.165, 1.54) is 0 Å². The second-order valence-electron chi connectivity index (χ2n) is 4.98. The van der Waals surface area contributed by atoms with Gasteiger partial charge >= 0.3 is 0 Å². The summed E-state index contributed by atoms with van der Waals surface area (Å²) in [4.78, 5) is 6.68. The van der Waals surface area contributed by atoms with Gasteiger partial charge in [0.2, 0.25) is 0 Å². The lowest BCUT2D eigenvalue weighted by Gasteiger charge is -2.35. The summed E-state index contributed by atoms with van der Waals surface area (Å²) in [6.45, 7) is 8.42. The van der Waals surface area contributed by atoms with E-state index in [-0.39, 0.29) is 0 Å². The molecule has 2 rings (SSSR count). The van der Waals surface area contributed by atoms with E-state index in [9.17, 15) is 0 Å². The van der Waals surface area contributed by atoms with E-state index in [2.05, 4.69) is 41.2 Å². The fraction of sp³-hybridized carbons (Fsp3) is 0.818. The summed E-state index contributed by atoms with van der Waals surface area (Å²) in [5, 5.41) is 7.56. The first-order chi connectivity index (χ1) is 7.66. The number of hydrogen-bond acceptors (Lipinski definition) is 4. The Morgan fingerprint density at radius 2 is 2.31 bits per heavy atom. The summed E-state index contributed by atoms with van der Waals surface area (Å²) < 4.78 is 2.02. The van der Waals surface area contributed by atoms with Gasteiger partial charge in [-0.1, -0.05) is 13.8 Å². The Morgan fingerprint density at radius 3 is 2.88 bits per heavy atom. The SMILES string of the molecule is CC(C)Cn1ncnc1CN(C)C1CNC1. The first-order valence-electron chi connectivity index (χ1n) is 5.94. The van der Waals surface area contributed by atoms with Gasteiger partial charge in [0.15, 0.2) is 0 Å². The van der Waals surface area contributed by atoms with Gasteiger partial charge in [0.05, 0.1) is 6.54 Å². The van der Waals surface area contributed by atoms with Crippen LogP contribution in [0.4, 0.5) is 0 Å². The molecule has 1 fully saturated rings. The highest BCUT2D eigenvalue weighted by Gasteiger charge is 2.22. The molecule has 0 aromatic carbocycles. The van der Waals surface area contributed by atoms with Crippen molar-refractivity contribution >= 4 is 0 Å². The first-order valence-corrected chi connectivity index (χ1v) is 5.94. The zero-order valence-electron chi connectivity index (χ0n) is 10.3. The summed E-state index contributed by atoms with van der Waals surface area (Å²) in [5.74, 6) is 1.68. The van der Waals surface area contributed by atoms with Crippen molar-refractivity contribution in [3.8, 4) is 0 Å². The molecule has 1 aliphatic rings. The molecular formula is C11H21N5. The Labute approximate surface area is 96.8 Å². The van der Waals surface area contributed by atoms with Gasteiger partial charge in [-0.3, -0.25) is 4.90 Å². The second-order valence-corrected chi connectivity index (χ2v) is 4.98. The topological polar surface area (TPSA) is 46.0 Å². The van der Waals surface area contributed by atoms with Crippen LogP contribution in [0.5, 0.6) is 0 Å². The molecule has 16 heavy (non-hydrogen) atoms. The van der Waals surface area contributed by atoms with Crippen LogP contribution in [0.15, 0.2) is 6.33 Å². The highest BCUT2D eigenvalue weighted by atomic mass is 15.4. The van der Waals surface area contributed by atoms with E-state index >= 15 is 0 Å². The molecule has 0 spiro atoms. The molecule has 0 atom stereocenters. The molecule has 1 aromatic rings. The molecule has 1 aliphatic heterocycles. The number of hydrogen-bond donors (Lipinski definition) is 1. The van der Waals surface area contributed by atoms with Crippen molar-refractivity contribution in [2.24, 2.45) is 5.92 Å². The first kappa shape index (κ1) is 11.5. The Bertz CT molecular complexity index is 329. The average molecular weight is 223 g/mol. The van der Waals surface area contributed by atoms with Gasteiger partial charge in [-0.25, -0.2) is 9.67 Å². The summed E-state index contributed by atoms with van der Waals surface area (Å²) in [6.07, 6.45) is 1.66. The van der Waals surface area contributed by atoms with Gasteiger partial charge in [0.1, 0.15) is 12.2 Å². The minimum atomic E-state index is 0.608. The third kappa shape index (κ3) is 2.59. The molecule has 0 saturated carbocycles. The molecule has 0 aliphatic carbocycles. The van der Waals surface area contributed by atoms with Gasteiger partial charge in [0.25, 0.3) is 0 Å². The van der Waals surface area contributed by atoms with Gasteiger partial charge < -0.3 is 5.32 Å². The lowest BCUT2D eigenvalue weighted by molar-refractivity contribution is 0.166. The Morgan fingerprint density at radius 1 is 1.56 bits per heavy atom. The Kier molecular flexibility index (Phi) is 3.56. The van der Waals surface area contributed by atoms with Crippen molar-refractivity contribution in [3.05, 3.63) is 12.2 Å². The van der Waals surface area contributed by atoms with Crippen LogP contribution in [0.1, 0.15) is 19.7 Å². The molecule has 0 amide bonds. The number of likely N-dealkylation sites (N-methyl/N-ethyl adjacent to an activating group) is 1. The van der Waals surface area contributed by atoms with Crippen LogP contribution in [-0.4, -0.2) is 45.8 Å². The van der Waals surface area contributed by atoms with E-state index < -0.39 is 0 Å². The molecule has 0 unspecified atom stereocenters. The van der Waals surface area contributed by atoms with Gasteiger partial charge in [-0.15, -0.1) is 0 Å². The molecule has 0 bridgehead atoms. The van der Waals surface area contributed by atoms with E-state index in [0.29, 0.717) is 12.0 Å². The molecule has 0 radical (unpaired) electrons. The number of nitrogens with zero attached hydrogens (tertiary/aromatic N) is 4. The zero-order chi connectivity index (χ0) is 11.5. The third-order valence-electron chi connectivity index (χ3n) is 3.01. The normalized spacial score (nSPS) is 17.1. The molecular weight excluding hydrogens is 202 g/mol. The monoisotopic (exact) mass is 223 g/mol. The lowest BCUT2D eigenvalue weighted by atomic mass is 10.1. The molecule has 90 valence electrons. The van der Waals surface area contributed by atoms with Crippen molar-refractivity contribution < 1.29 is 0 Å². The van der Waals surface area contributed by atoms with Crippen LogP contribution < -0.4 is 5.32 Å². The maximum atomic E-state index is 4.34. The predicted octanol–water partition coefficient (Wildman–Crippen LogP) is 0.338. The van der Waals surface area contributed by atoms with Gasteiger partial charge in [-0.2, -0.15) is 5.10 Å². The van der Waals surface area contributed by atoms with Crippen molar-refractivity contribution in [1.29, 1.82) is 0 Å². The van der Waals surface area contributed by atoms with E-state index in [1.54, 1.807) is 6.33 Å². The summed E-state index contributed by atoms with van der Waals surface area (Å²) in [5.41, 5.74) is 0. The third-order valence-corrected chi connectivity index (χ3v) is 3.01. The Hall–Kier alpha value is -0.940. The molecule has 1 aromatic heterocycles. The number of rotatable bonds is 5. The van der Waals surface area contributed by atoms with Crippen LogP contribution in [-0.2, 0) is 13.1 Å².